The SMILES string of the molecule is Cc1ccc2cc(C(O)Cc3ncnn3C)ccc2n1. The molecule has 20 heavy (non-hydrogen) atoms. The van der Waals surface area contributed by atoms with Crippen LogP contribution in [-0.4, -0.2) is 24.9 Å². The average Bonchev–Trinajstić information content (AvgIpc) is 2.83. The maximum absolute atomic E-state index is 10.3. The van der Waals surface area contributed by atoms with Crippen LogP contribution in [0.2, 0.25) is 0 Å². The van der Waals surface area contributed by atoms with E-state index >= 15 is 0 Å². The first-order chi connectivity index (χ1) is 9.63. The monoisotopic (exact) mass is 268 g/mol. The standard InChI is InChI=1S/C15H16N4O/c1-10-3-4-11-7-12(5-6-13(11)18-10)14(20)8-15-16-9-17-19(15)2/h3-7,9,14,20H,8H2,1-2H3. The van der Waals surface area contributed by atoms with Gasteiger partial charge >= 0.3 is 0 Å². The Kier molecular flexibility index (Phi) is 3.20. The highest BCUT2D eigenvalue weighted by Gasteiger charge is 2.12. The summed E-state index contributed by atoms with van der Waals surface area (Å²) in [4.78, 5) is 8.59. The molecule has 5 heteroatoms. The summed E-state index contributed by atoms with van der Waals surface area (Å²) in [6, 6.07) is 9.83. The molecule has 0 aliphatic rings. The Balaban J connectivity index is 1.90. The number of aliphatic hydroxyl groups excluding tert-OH is 1. The van der Waals surface area contributed by atoms with Crippen LogP contribution in [0, 0.1) is 6.92 Å². The summed E-state index contributed by atoms with van der Waals surface area (Å²) >= 11 is 0. The highest BCUT2D eigenvalue weighted by atomic mass is 16.3. The van der Waals surface area contributed by atoms with Crippen LogP contribution in [0.5, 0.6) is 0 Å². The van der Waals surface area contributed by atoms with Gasteiger partial charge in [0, 0.05) is 24.5 Å². The lowest BCUT2D eigenvalue weighted by Crippen LogP contribution is -2.07. The minimum absolute atomic E-state index is 0.446. The van der Waals surface area contributed by atoms with Gasteiger partial charge in [-0.25, -0.2) is 4.98 Å². The first-order valence-corrected chi connectivity index (χ1v) is 6.52. The number of nitrogens with zero attached hydrogens (tertiary/aromatic N) is 4. The second-order valence-electron chi connectivity index (χ2n) is 4.92. The van der Waals surface area contributed by atoms with Crippen molar-refractivity contribution in [1.29, 1.82) is 0 Å². The van der Waals surface area contributed by atoms with Gasteiger partial charge in [0.15, 0.2) is 0 Å². The first-order valence-electron chi connectivity index (χ1n) is 6.52. The molecule has 2 heterocycles. The van der Waals surface area contributed by atoms with Crippen LogP contribution in [0.1, 0.15) is 23.2 Å². The highest BCUT2D eigenvalue weighted by molar-refractivity contribution is 5.79. The molecule has 0 saturated heterocycles. The van der Waals surface area contributed by atoms with Crippen LogP contribution in [0.4, 0.5) is 0 Å². The summed E-state index contributed by atoms with van der Waals surface area (Å²) < 4.78 is 1.68. The van der Waals surface area contributed by atoms with Crippen LogP contribution >= 0.6 is 0 Å². The van der Waals surface area contributed by atoms with E-state index in [1.807, 2.05) is 44.3 Å². The lowest BCUT2D eigenvalue weighted by molar-refractivity contribution is 0.174. The van der Waals surface area contributed by atoms with Gasteiger partial charge < -0.3 is 5.11 Å². The van der Waals surface area contributed by atoms with Gasteiger partial charge in [0.1, 0.15) is 12.2 Å². The Labute approximate surface area is 116 Å². The molecule has 0 aliphatic carbocycles. The van der Waals surface area contributed by atoms with Gasteiger partial charge in [0.05, 0.1) is 11.6 Å². The van der Waals surface area contributed by atoms with Crippen molar-refractivity contribution in [3.05, 3.63) is 53.7 Å². The summed E-state index contributed by atoms with van der Waals surface area (Å²) in [6.07, 6.45) is 1.35. The quantitative estimate of drug-likeness (QED) is 0.788. The van der Waals surface area contributed by atoms with Gasteiger partial charge in [-0.15, -0.1) is 0 Å². The molecule has 102 valence electrons. The number of hydrogen-bond acceptors (Lipinski definition) is 4. The Morgan fingerprint density at radius 1 is 1.25 bits per heavy atom. The van der Waals surface area contributed by atoms with Crippen molar-refractivity contribution < 1.29 is 5.11 Å². The fourth-order valence-corrected chi connectivity index (χ4v) is 2.25. The molecule has 0 saturated carbocycles. The topological polar surface area (TPSA) is 63.8 Å². The van der Waals surface area contributed by atoms with Crippen molar-refractivity contribution in [3.63, 3.8) is 0 Å². The van der Waals surface area contributed by atoms with E-state index in [2.05, 4.69) is 15.1 Å². The molecule has 0 amide bonds. The summed E-state index contributed by atoms with van der Waals surface area (Å²) in [5.74, 6) is 0.764. The van der Waals surface area contributed by atoms with E-state index < -0.39 is 6.10 Å². The molecule has 1 unspecified atom stereocenters. The minimum atomic E-state index is -0.594. The van der Waals surface area contributed by atoms with E-state index in [0.29, 0.717) is 6.42 Å². The van der Waals surface area contributed by atoms with E-state index in [0.717, 1.165) is 28.0 Å². The molecular weight excluding hydrogens is 252 g/mol. The van der Waals surface area contributed by atoms with E-state index in [9.17, 15) is 5.11 Å². The van der Waals surface area contributed by atoms with Crippen molar-refractivity contribution in [2.24, 2.45) is 7.05 Å². The number of aromatic nitrogens is 4. The zero-order chi connectivity index (χ0) is 14.1. The van der Waals surface area contributed by atoms with Crippen LogP contribution < -0.4 is 0 Å². The Hall–Kier alpha value is -2.27. The predicted molar refractivity (Wildman–Crippen MR) is 76.1 cm³/mol. The van der Waals surface area contributed by atoms with Crippen molar-refractivity contribution >= 4 is 10.9 Å². The van der Waals surface area contributed by atoms with Gasteiger partial charge in [-0.2, -0.15) is 5.10 Å². The molecular formula is C15H16N4O. The molecule has 1 aromatic carbocycles. The van der Waals surface area contributed by atoms with Crippen molar-refractivity contribution in [1.82, 2.24) is 19.7 Å². The van der Waals surface area contributed by atoms with E-state index in [4.69, 9.17) is 0 Å². The van der Waals surface area contributed by atoms with Crippen molar-refractivity contribution in [2.75, 3.05) is 0 Å². The van der Waals surface area contributed by atoms with Crippen LogP contribution in [-0.2, 0) is 13.5 Å². The van der Waals surface area contributed by atoms with Crippen molar-refractivity contribution in [3.8, 4) is 0 Å². The average molecular weight is 268 g/mol. The molecule has 1 N–H and O–H groups in total. The molecule has 0 spiro atoms. The Morgan fingerprint density at radius 2 is 2.10 bits per heavy atom. The smallest absolute Gasteiger partial charge is 0.138 e. The third kappa shape index (κ3) is 2.40. The van der Waals surface area contributed by atoms with Gasteiger partial charge in [-0.3, -0.25) is 9.67 Å². The number of rotatable bonds is 3. The van der Waals surface area contributed by atoms with Crippen LogP contribution in [0.3, 0.4) is 0 Å². The van der Waals surface area contributed by atoms with Crippen LogP contribution in [0.25, 0.3) is 10.9 Å². The fraction of sp³-hybridized carbons (Fsp3) is 0.267. The molecule has 5 nitrogen and oxygen atoms in total. The third-order valence-corrected chi connectivity index (χ3v) is 3.42. The Morgan fingerprint density at radius 3 is 2.85 bits per heavy atom. The normalized spacial score (nSPS) is 12.8. The fourth-order valence-electron chi connectivity index (χ4n) is 2.25. The summed E-state index contributed by atoms with van der Waals surface area (Å²) in [6.45, 7) is 1.97. The number of pyridine rings is 1. The number of fused-ring (bicyclic) bond motifs is 1. The summed E-state index contributed by atoms with van der Waals surface area (Å²) in [5.41, 5.74) is 2.80. The van der Waals surface area contributed by atoms with Gasteiger partial charge in [-0.1, -0.05) is 12.1 Å². The number of aryl methyl sites for hydroxylation is 2. The molecule has 0 fully saturated rings. The molecule has 3 rings (SSSR count). The van der Waals surface area contributed by atoms with Gasteiger partial charge in [0.2, 0.25) is 0 Å². The number of hydrogen-bond donors (Lipinski definition) is 1. The zero-order valence-corrected chi connectivity index (χ0v) is 11.5. The molecule has 3 aromatic rings. The molecule has 0 radical (unpaired) electrons. The zero-order valence-electron chi connectivity index (χ0n) is 11.5. The predicted octanol–water partition coefficient (Wildman–Crippen LogP) is 1.95. The van der Waals surface area contributed by atoms with E-state index in [1.54, 1.807) is 4.68 Å². The third-order valence-electron chi connectivity index (χ3n) is 3.42. The van der Waals surface area contributed by atoms with E-state index in [-0.39, 0.29) is 0 Å². The summed E-state index contributed by atoms with van der Waals surface area (Å²) in [7, 11) is 1.82. The van der Waals surface area contributed by atoms with E-state index in [1.165, 1.54) is 6.33 Å². The number of benzene rings is 1. The Bertz CT molecular complexity index is 750. The number of aliphatic hydroxyl groups is 1. The van der Waals surface area contributed by atoms with Gasteiger partial charge in [0.25, 0.3) is 0 Å². The second kappa shape index (κ2) is 5.02. The molecule has 0 aliphatic heterocycles. The molecule has 0 bridgehead atoms. The lowest BCUT2D eigenvalue weighted by atomic mass is 10.0. The lowest BCUT2D eigenvalue weighted by Gasteiger charge is -2.11. The maximum Gasteiger partial charge on any atom is 0.138 e. The maximum atomic E-state index is 10.3. The minimum Gasteiger partial charge on any atom is -0.388 e. The highest BCUT2D eigenvalue weighted by Crippen LogP contribution is 2.21. The van der Waals surface area contributed by atoms with Crippen LogP contribution in [0.15, 0.2) is 36.7 Å². The second-order valence-corrected chi connectivity index (χ2v) is 4.92. The largest absolute Gasteiger partial charge is 0.388 e. The molecule has 2 aromatic heterocycles. The van der Waals surface area contributed by atoms with Crippen molar-refractivity contribution in [2.45, 2.75) is 19.4 Å². The summed E-state index contributed by atoms with van der Waals surface area (Å²) in [5, 5.41) is 15.4. The first kappa shape index (κ1) is 12.7. The van der Waals surface area contributed by atoms with Gasteiger partial charge in [-0.05, 0) is 30.7 Å². The molecule has 1 atom stereocenters.